The molecule has 1 unspecified atom stereocenters. The fourth-order valence-corrected chi connectivity index (χ4v) is 5.49. The molecule has 1 fully saturated rings. The van der Waals surface area contributed by atoms with Crippen molar-refractivity contribution in [3.63, 3.8) is 0 Å². The molecule has 3 aromatic carbocycles. The van der Waals surface area contributed by atoms with Crippen LogP contribution in [0.15, 0.2) is 89.5 Å². The van der Waals surface area contributed by atoms with Crippen LogP contribution in [0.2, 0.25) is 0 Å². The SMILES string of the molecule is CC(C)c1ccc(N2C(=O)C(Cc3cccc(C(F)(F)F)c3)S/C2=C(/C#N)C(=O)NCc2ccccc2)cc1. The monoisotopic (exact) mass is 549 g/mol. The number of anilines is 1. The molecule has 1 aliphatic heterocycles. The molecule has 4 rings (SSSR count). The minimum atomic E-state index is -4.51. The highest BCUT2D eigenvalue weighted by Crippen LogP contribution is 2.42. The minimum Gasteiger partial charge on any atom is -0.347 e. The van der Waals surface area contributed by atoms with Gasteiger partial charge in [-0.25, -0.2) is 0 Å². The van der Waals surface area contributed by atoms with Crippen LogP contribution < -0.4 is 10.2 Å². The predicted molar refractivity (Wildman–Crippen MR) is 145 cm³/mol. The van der Waals surface area contributed by atoms with E-state index in [4.69, 9.17) is 0 Å². The van der Waals surface area contributed by atoms with Crippen LogP contribution in [0.1, 0.15) is 42.0 Å². The number of alkyl halides is 3. The Morgan fingerprint density at radius 1 is 1.03 bits per heavy atom. The maximum absolute atomic E-state index is 13.7. The van der Waals surface area contributed by atoms with Gasteiger partial charge in [-0.15, -0.1) is 0 Å². The number of thioether (sulfide) groups is 1. The van der Waals surface area contributed by atoms with Gasteiger partial charge in [0.1, 0.15) is 16.7 Å². The van der Waals surface area contributed by atoms with Crippen molar-refractivity contribution >= 4 is 29.3 Å². The zero-order valence-electron chi connectivity index (χ0n) is 21.3. The molecule has 1 N–H and O–H groups in total. The molecule has 0 aliphatic carbocycles. The zero-order chi connectivity index (χ0) is 28.2. The largest absolute Gasteiger partial charge is 0.416 e. The number of benzene rings is 3. The van der Waals surface area contributed by atoms with Gasteiger partial charge in [-0.05, 0) is 47.2 Å². The van der Waals surface area contributed by atoms with Gasteiger partial charge in [0.15, 0.2) is 0 Å². The maximum Gasteiger partial charge on any atom is 0.416 e. The van der Waals surface area contributed by atoms with Crippen LogP contribution >= 0.6 is 11.8 Å². The highest BCUT2D eigenvalue weighted by Gasteiger charge is 2.41. The number of rotatable bonds is 7. The van der Waals surface area contributed by atoms with Crippen molar-refractivity contribution in [2.75, 3.05) is 4.90 Å². The summed E-state index contributed by atoms with van der Waals surface area (Å²) in [5.74, 6) is -0.793. The Balaban J connectivity index is 1.69. The van der Waals surface area contributed by atoms with E-state index in [1.807, 2.05) is 62.4 Å². The lowest BCUT2D eigenvalue weighted by Crippen LogP contribution is -2.32. The van der Waals surface area contributed by atoms with Crippen LogP contribution in [0.3, 0.4) is 0 Å². The Morgan fingerprint density at radius 3 is 2.31 bits per heavy atom. The highest BCUT2D eigenvalue weighted by atomic mass is 32.2. The number of nitrogens with one attached hydrogen (secondary N) is 1. The molecular formula is C30H26F3N3O2S. The molecule has 39 heavy (non-hydrogen) atoms. The minimum absolute atomic E-state index is 0.00183. The third kappa shape index (κ3) is 6.52. The average molecular weight is 550 g/mol. The molecule has 0 spiro atoms. The van der Waals surface area contributed by atoms with Crippen LogP contribution in [-0.2, 0) is 28.7 Å². The molecule has 0 radical (unpaired) electrons. The number of carbonyl (C=O) groups is 2. The van der Waals surface area contributed by atoms with E-state index >= 15 is 0 Å². The molecular weight excluding hydrogens is 523 g/mol. The first kappa shape index (κ1) is 28.0. The molecule has 1 saturated heterocycles. The molecule has 9 heteroatoms. The Hall–Kier alpha value is -4.03. The molecule has 1 atom stereocenters. The van der Waals surface area contributed by atoms with Crippen molar-refractivity contribution in [3.05, 3.63) is 112 Å². The molecule has 2 amide bonds. The molecule has 5 nitrogen and oxygen atoms in total. The molecule has 1 aliphatic rings. The van der Waals surface area contributed by atoms with Crippen LogP contribution in [0.4, 0.5) is 18.9 Å². The second kappa shape index (κ2) is 11.8. The van der Waals surface area contributed by atoms with Gasteiger partial charge in [0.25, 0.3) is 5.91 Å². The highest BCUT2D eigenvalue weighted by molar-refractivity contribution is 8.05. The van der Waals surface area contributed by atoms with E-state index in [1.54, 1.807) is 12.1 Å². The maximum atomic E-state index is 13.7. The summed E-state index contributed by atoms with van der Waals surface area (Å²) in [5, 5.41) is 12.0. The summed E-state index contributed by atoms with van der Waals surface area (Å²) >= 11 is 1.01. The summed E-state index contributed by atoms with van der Waals surface area (Å²) in [6, 6.07) is 23.2. The first-order valence-corrected chi connectivity index (χ1v) is 13.2. The zero-order valence-corrected chi connectivity index (χ0v) is 22.1. The average Bonchev–Trinajstić information content (AvgIpc) is 3.23. The molecule has 0 bridgehead atoms. The van der Waals surface area contributed by atoms with Crippen molar-refractivity contribution in [1.82, 2.24) is 5.32 Å². The lowest BCUT2D eigenvalue weighted by molar-refractivity contribution is -0.137. The van der Waals surface area contributed by atoms with Gasteiger partial charge in [0.2, 0.25) is 5.91 Å². The van der Waals surface area contributed by atoms with E-state index in [-0.39, 0.29) is 29.5 Å². The third-order valence-electron chi connectivity index (χ3n) is 6.29. The second-order valence-electron chi connectivity index (χ2n) is 9.39. The molecule has 0 aromatic heterocycles. The van der Waals surface area contributed by atoms with Gasteiger partial charge in [0, 0.05) is 12.2 Å². The second-order valence-corrected chi connectivity index (χ2v) is 10.6. The molecule has 200 valence electrons. The van der Waals surface area contributed by atoms with Gasteiger partial charge >= 0.3 is 6.18 Å². The molecule has 3 aromatic rings. The van der Waals surface area contributed by atoms with Crippen molar-refractivity contribution in [3.8, 4) is 6.07 Å². The summed E-state index contributed by atoms with van der Waals surface area (Å²) in [6.07, 6.45) is -4.51. The summed E-state index contributed by atoms with van der Waals surface area (Å²) < 4.78 is 39.8. The first-order chi connectivity index (χ1) is 18.6. The Kier molecular flexibility index (Phi) is 8.46. The normalized spacial score (nSPS) is 16.8. The fraction of sp³-hybridized carbons (Fsp3) is 0.233. The van der Waals surface area contributed by atoms with Gasteiger partial charge in [-0.3, -0.25) is 14.5 Å². The number of hydrogen-bond acceptors (Lipinski definition) is 4. The first-order valence-electron chi connectivity index (χ1n) is 12.3. The number of nitrogens with zero attached hydrogens (tertiary/aromatic N) is 2. The van der Waals surface area contributed by atoms with Crippen molar-refractivity contribution in [1.29, 1.82) is 5.26 Å². The van der Waals surface area contributed by atoms with Crippen molar-refractivity contribution in [2.45, 2.75) is 44.2 Å². The van der Waals surface area contributed by atoms with E-state index in [0.29, 0.717) is 11.3 Å². The Bertz CT molecular complexity index is 1430. The number of halogens is 3. The lowest BCUT2D eigenvalue weighted by atomic mass is 10.0. The molecule has 0 saturated carbocycles. The van der Waals surface area contributed by atoms with Crippen LogP contribution in [0.5, 0.6) is 0 Å². The van der Waals surface area contributed by atoms with Crippen LogP contribution in [-0.4, -0.2) is 17.1 Å². The van der Waals surface area contributed by atoms with Crippen molar-refractivity contribution < 1.29 is 22.8 Å². The summed E-state index contributed by atoms with van der Waals surface area (Å²) in [6.45, 7) is 4.26. The lowest BCUT2D eigenvalue weighted by Gasteiger charge is -2.19. The quantitative estimate of drug-likeness (QED) is 0.267. The fourth-order valence-electron chi connectivity index (χ4n) is 4.19. The predicted octanol–water partition coefficient (Wildman–Crippen LogP) is 6.57. The van der Waals surface area contributed by atoms with E-state index < -0.39 is 28.8 Å². The standard InChI is InChI=1S/C30H26F3N3O2S/c1-19(2)22-11-13-24(14-12-22)36-28(38)26(16-21-9-6-10-23(15-21)30(31,32)33)39-29(36)25(17-34)27(37)35-18-20-7-4-3-5-8-20/h3-15,19,26H,16,18H2,1-2H3,(H,35,37)/b29-25-. The summed E-state index contributed by atoms with van der Waals surface area (Å²) in [5.41, 5.74) is 1.66. The van der Waals surface area contributed by atoms with E-state index in [0.717, 1.165) is 35.0 Å². The Labute approximate surface area is 229 Å². The molecule has 1 heterocycles. The third-order valence-corrected chi connectivity index (χ3v) is 7.56. The van der Waals surface area contributed by atoms with E-state index in [2.05, 4.69) is 5.32 Å². The van der Waals surface area contributed by atoms with Gasteiger partial charge in [0.05, 0.1) is 10.8 Å². The van der Waals surface area contributed by atoms with Gasteiger partial charge in [-0.1, -0.05) is 86.3 Å². The summed E-state index contributed by atoms with van der Waals surface area (Å²) in [7, 11) is 0. The van der Waals surface area contributed by atoms with Crippen molar-refractivity contribution in [2.24, 2.45) is 0 Å². The Morgan fingerprint density at radius 2 is 1.69 bits per heavy atom. The van der Waals surface area contributed by atoms with Crippen LogP contribution in [0, 0.1) is 11.3 Å². The number of nitriles is 1. The van der Waals surface area contributed by atoms with Gasteiger partial charge in [-0.2, -0.15) is 18.4 Å². The van der Waals surface area contributed by atoms with Crippen LogP contribution in [0.25, 0.3) is 0 Å². The number of carbonyl (C=O) groups excluding carboxylic acids is 2. The van der Waals surface area contributed by atoms with E-state index in [9.17, 15) is 28.0 Å². The number of hydrogen-bond donors (Lipinski definition) is 1. The van der Waals surface area contributed by atoms with Gasteiger partial charge < -0.3 is 5.32 Å². The summed E-state index contributed by atoms with van der Waals surface area (Å²) in [4.78, 5) is 28.1. The smallest absolute Gasteiger partial charge is 0.347 e. The topological polar surface area (TPSA) is 73.2 Å². The number of amides is 2. The van der Waals surface area contributed by atoms with E-state index in [1.165, 1.54) is 17.0 Å².